The Hall–Kier alpha value is -1.35. The molecule has 1 aromatic carbocycles. The first-order valence-electron chi connectivity index (χ1n) is 6.91. The number of benzene rings is 1. The molecule has 1 aromatic rings. The van der Waals surface area contributed by atoms with Gasteiger partial charge in [-0.1, -0.05) is 24.3 Å². The largest absolute Gasteiger partial charge is 0.348 e. The van der Waals surface area contributed by atoms with Crippen molar-refractivity contribution in [3.8, 4) is 0 Å². The summed E-state index contributed by atoms with van der Waals surface area (Å²) in [6.45, 7) is 6.72. The molecule has 3 nitrogen and oxygen atoms in total. The van der Waals surface area contributed by atoms with E-state index in [1.54, 1.807) is 0 Å². The standard InChI is InChI=1S/C15H21N3/c1-12(10-17-8-4-5-9-17)18-11-13-6-2-3-7-14(13)15(18)16/h2-3,6-7,12,16H,4-5,8-11H2,1H3. The maximum atomic E-state index is 8.30. The first-order chi connectivity index (χ1) is 8.75. The highest BCUT2D eigenvalue weighted by atomic mass is 15.3. The van der Waals surface area contributed by atoms with E-state index in [4.69, 9.17) is 5.41 Å². The van der Waals surface area contributed by atoms with E-state index in [0.717, 1.165) is 18.7 Å². The molecule has 1 N–H and O–H groups in total. The average Bonchev–Trinajstić information content (AvgIpc) is 2.98. The molecular weight excluding hydrogens is 222 g/mol. The summed E-state index contributed by atoms with van der Waals surface area (Å²) < 4.78 is 0. The monoisotopic (exact) mass is 243 g/mol. The van der Waals surface area contributed by atoms with E-state index >= 15 is 0 Å². The Kier molecular flexibility index (Phi) is 3.08. The van der Waals surface area contributed by atoms with Crippen LogP contribution in [0, 0.1) is 5.41 Å². The predicted molar refractivity (Wildman–Crippen MR) is 73.9 cm³/mol. The van der Waals surface area contributed by atoms with Crippen LogP contribution in [0.2, 0.25) is 0 Å². The number of nitrogens with zero attached hydrogens (tertiary/aromatic N) is 2. The molecule has 1 saturated heterocycles. The normalized spacial score (nSPS) is 21.4. The van der Waals surface area contributed by atoms with Gasteiger partial charge in [0.25, 0.3) is 0 Å². The van der Waals surface area contributed by atoms with Gasteiger partial charge in [-0.05, 0) is 38.4 Å². The Morgan fingerprint density at radius 3 is 2.67 bits per heavy atom. The minimum Gasteiger partial charge on any atom is -0.348 e. The highest BCUT2D eigenvalue weighted by Crippen LogP contribution is 2.24. The van der Waals surface area contributed by atoms with Crippen LogP contribution in [0.3, 0.4) is 0 Å². The van der Waals surface area contributed by atoms with Crippen LogP contribution in [0.25, 0.3) is 0 Å². The predicted octanol–water partition coefficient (Wildman–Crippen LogP) is 2.31. The van der Waals surface area contributed by atoms with Crippen LogP contribution < -0.4 is 0 Å². The van der Waals surface area contributed by atoms with E-state index in [-0.39, 0.29) is 0 Å². The lowest BCUT2D eigenvalue weighted by Gasteiger charge is -2.29. The van der Waals surface area contributed by atoms with Crippen molar-refractivity contribution in [3.63, 3.8) is 0 Å². The summed E-state index contributed by atoms with van der Waals surface area (Å²) in [5.74, 6) is 0.706. The lowest BCUT2D eigenvalue weighted by atomic mass is 10.1. The van der Waals surface area contributed by atoms with Gasteiger partial charge in [-0.25, -0.2) is 0 Å². The van der Waals surface area contributed by atoms with Crippen molar-refractivity contribution in [1.82, 2.24) is 9.80 Å². The Morgan fingerprint density at radius 2 is 1.94 bits per heavy atom. The Labute approximate surface area is 109 Å². The molecule has 0 spiro atoms. The minimum atomic E-state index is 0.433. The van der Waals surface area contributed by atoms with Crippen LogP contribution in [0.4, 0.5) is 0 Å². The summed E-state index contributed by atoms with van der Waals surface area (Å²) in [7, 11) is 0. The molecule has 1 fully saturated rings. The van der Waals surface area contributed by atoms with Crippen LogP contribution in [-0.4, -0.2) is 41.3 Å². The lowest BCUT2D eigenvalue weighted by Crippen LogP contribution is -2.41. The fraction of sp³-hybridized carbons (Fsp3) is 0.533. The summed E-state index contributed by atoms with van der Waals surface area (Å²) >= 11 is 0. The van der Waals surface area contributed by atoms with E-state index in [2.05, 4.69) is 34.9 Å². The molecular formula is C15H21N3. The fourth-order valence-electron chi connectivity index (χ4n) is 3.12. The van der Waals surface area contributed by atoms with Crippen molar-refractivity contribution in [2.24, 2.45) is 0 Å². The molecule has 0 aromatic heterocycles. The molecule has 96 valence electrons. The van der Waals surface area contributed by atoms with Gasteiger partial charge in [-0.15, -0.1) is 0 Å². The van der Waals surface area contributed by atoms with Crippen LogP contribution >= 0.6 is 0 Å². The van der Waals surface area contributed by atoms with E-state index in [9.17, 15) is 0 Å². The SMILES string of the molecule is CC(CN1CCCC1)N1Cc2ccccc2C1=N. The number of likely N-dealkylation sites (tertiary alicyclic amines) is 1. The van der Waals surface area contributed by atoms with Crippen molar-refractivity contribution in [2.75, 3.05) is 19.6 Å². The van der Waals surface area contributed by atoms with Crippen molar-refractivity contribution in [2.45, 2.75) is 32.4 Å². The van der Waals surface area contributed by atoms with E-state index in [1.165, 1.54) is 31.5 Å². The van der Waals surface area contributed by atoms with Crippen molar-refractivity contribution in [1.29, 1.82) is 5.41 Å². The van der Waals surface area contributed by atoms with Gasteiger partial charge in [-0.3, -0.25) is 5.41 Å². The molecule has 0 saturated carbocycles. The van der Waals surface area contributed by atoms with Crippen molar-refractivity contribution >= 4 is 5.84 Å². The van der Waals surface area contributed by atoms with Crippen LogP contribution in [-0.2, 0) is 6.54 Å². The molecule has 0 bridgehead atoms. The van der Waals surface area contributed by atoms with Gasteiger partial charge in [0.15, 0.2) is 0 Å². The second-order valence-corrected chi connectivity index (χ2v) is 5.49. The van der Waals surface area contributed by atoms with Gasteiger partial charge in [0.05, 0.1) is 0 Å². The summed E-state index contributed by atoms with van der Waals surface area (Å²) in [6, 6.07) is 8.75. The summed E-state index contributed by atoms with van der Waals surface area (Å²) in [4.78, 5) is 4.77. The van der Waals surface area contributed by atoms with Gasteiger partial charge >= 0.3 is 0 Å². The maximum absolute atomic E-state index is 8.30. The summed E-state index contributed by atoms with van der Waals surface area (Å²) in [5, 5.41) is 8.30. The molecule has 3 heteroatoms. The first kappa shape index (κ1) is 11.7. The fourth-order valence-corrected chi connectivity index (χ4v) is 3.12. The molecule has 1 atom stereocenters. The number of amidine groups is 1. The third-order valence-electron chi connectivity index (χ3n) is 4.15. The topological polar surface area (TPSA) is 30.3 Å². The highest BCUT2D eigenvalue weighted by Gasteiger charge is 2.28. The number of hydrogen-bond acceptors (Lipinski definition) is 2. The van der Waals surface area contributed by atoms with E-state index < -0.39 is 0 Å². The molecule has 3 rings (SSSR count). The Bertz CT molecular complexity index is 449. The quantitative estimate of drug-likeness (QED) is 0.883. The molecule has 18 heavy (non-hydrogen) atoms. The number of fused-ring (bicyclic) bond motifs is 1. The first-order valence-corrected chi connectivity index (χ1v) is 6.91. The third kappa shape index (κ3) is 2.03. The molecule has 0 radical (unpaired) electrons. The second-order valence-electron chi connectivity index (χ2n) is 5.49. The van der Waals surface area contributed by atoms with Gasteiger partial charge in [0, 0.05) is 24.7 Å². The zero-order chi connectivity index (χ0) is 12.5. The Morgan fingerprint density at radius 1 is 1.22 bits per heavy atom. The summed E-state index contributed by atoms with van der Waals surface area (Å²) in [6.07, 6.45) is 2.68. The molecule has 0 amide bonds. The van der Waals surface area contributed by atoms with E-state index in [0.29, 0.717) is 11.9 Å². The smallest absolute Gasteiger partial charge is 0.128 e. The van der Waals surface area contributed by atoms with Crippen molar-refractivity contribution < 1.29 is 0 Å². The average molecular weight is 243 g/mol. The molecule has 2 aliphatic heterocycles. The van der Waals surface area contributed by atoms with E-state index in [1.807, 2.05) is 6.07 Å². The number of rotatable bonds is 3. The maximum Gasteiger partial charge on any atom is 0.128 e. The van der Waals surface area contributed by atoms with Crippen LogP contribution in [0.1, 0.15) is 30.9 Å². The second kappa shape index (κ2) is 4.73. The van der Waals surface area contributed by atoms with Gasteiger partial charge in [0.2, 0.25) is 0 Å². The highest BCUT2D eigenvalue weighted by molar-refractivity contribution is 6.00. The molecule has 2 aliphatic rings. The zero-order valence-corrected chi connectivity index (χ0v) is 11.0. The number of hydrogen-bond donors (Lipinski definition) is 1. The molecule has 1 unspecified atom stereocenters. The Balaban J connectivity index is 1.69. The lowest BCUT2D eigenvalue weighted by molar-refractivity contribution is 0.231. The zero-order valence-electron chi connectivity index (χ0n) is 11.0. The third-order valence-corrected chi connectivity index (χ3v) is 4.15. The summed E-state index contributed by atoms with van der Waals surface area (Å²) in [5.41, 5.74) is 2.42. The molecule has 0 aliphatic carbocycles. The minimum absolute atomic E-state index is 0.433. The van der Waals surface area contributed by atoms with Gasteiger partial charge in [-0.2, -0.15) is 0 Å². The van der Waals surface area contributed by atoms with Gasteiger partial charge < -0.3 is 9.80 Å². The van der Waals surface area contributed by atoms with Crippen molar-refractivity contribution in [3.05, 3.63) is 35.4 Å². The van der Waals surface area contributed by atoms with Gasteiger partial charge in [0.1, 0.15) is 5.84 Å². The van der Waals surface area contributed by atoms with Crippen LogP contribution in [0.5, 0.6) is 0 Å². The number of nitrogens with one attached hydrogen (secondary N) is 1. The van der Waals surface area contributed by atoms with Crippen LogP contribution in [0.15, 0.2) is 24.3 Å². The molecule has 2 heterocycles.